The van der Waals surface area contributed by atoms with Crippen molar-refractivity contribution in [3.63, 3.8) is 0 Å². The van der Waals surface area contributed by atoms with Gasteiger partial charge in [0.15, 0.2) is 11.5 Å². The lowest BCUT2D eigenvalue weighted by Crippen LogP contribution is -2.09. The monoisotopic (exact) mass is 272 g/mol. The number of pyridine rings is 1. The Morgan fingerprint density at radius 2 is 1.95 bits per heavy atom. The van der Waals surface area contributed by atoms with Crippen LogP contribution in [0.2, 0.25) is 0 Å². The minimum Gasteiger partial charge on any atom is -0.493 e. The molecule has 0 fully saturated rings. The van der Waals surface area contributed by atoms with E-state index in [-0.39, 0.29) is 0 Å². The molecule has 0 aliphatic heterocycles. The zero-order valence-electron chi connectivity index (χ0n) is 12.1. The Morgan fingerprint density at radius 3 is 2.65 bits per heavy atom. The molecule has 0 radical (unpaired) electrons. The molecule has 1 N–H and O–H groups in total. The van der Waals surface area contributed by atoms with Gasteiger partial charge in [-0.3, -0.25) is 4.98 Å². The number of hydrogen-bond acceptors (Lipinski definition) is 4. The van der Waals surface area contributed by atoms with Crippen LogP contribution in [-0.2, 0) is 13.2 Å². The van der Waals surface area contributed by atoms with Crippen molar-refractivity contribution < 1.29 is 9.47 Å². The van der Waals surface area contributed by atoms with Crippen LogP contribution in [0, 0.1) is 6.92 Å². The van der Waals surface area contributed by atoms with Crippen LogP contribution in [0.1, 0.15) is 17.0 Å². The van der Waals surface area contributed by atoms with E-state index >= 15 is 0 Å². The van der Waals surface area contributed by atoms with Crippen LogP contribution >= 0.6 is 0 Å². The van der Waals surface area contributed by atoms with Crippen molar-refractivity contribution in [2.45, 2.75) is 20.1 Å². The molecule has 0 saturated heterocycles. The second-order valence-electron chi connectivity index (χ2n) is 4.54. The maximum absolute atomic E-state index is 5.93. The Balaban J connectivity index is 2.19. The fraction of sp³-hybridized carbons (Fsp3) is 0.312. The fourth-order valence-corrected chi connectivity index (χ4v) is 2.04. The highest BCUT2D eigenvalue weighted by molar-refractivity contribution is 5.46. The average Bonchev–Trinajstić information content (AvgIpc) is 2.46. The van der Waals surface area contributed by atoms with Gasteiger partial charge < -0.3 is 14.8 Å². The Hall–Kier alpha value is -2.07. The lowest BCUT2D eigenvalue weighted by Gasteiger charge is -2.14. The fourth-order valence-electron chi connectivity index (χ4n) is 2.04. The highest BCUT2D eigenvalue weighted by Crippen LogP contribution is 2.31. The molecule has 0 atom stereocenters. The summed E-state index contributed by atoms with van der Waals surface area (Å²) in [4.78, 5) is 4.44. The van der Waals surface area contributed by atoms with Crippen LogP contribution in [0.4, 0.5) is 0 Å². The van der Waals surface area contributed by atoms with Crippen molar-refractivity contribution >= 4 is 0 Å². The number of para-hydroxylation sites is 1. The first-order valence-electron chi connectivity index (χ1n) is 6.60. The van der Waals surface area contributed by atoms with Crippen molar-refractivity contribution in [1.82, 2.24) is 10.3 Å². The van der Waals surface area contributed by atoms with Crippen molar-refractivity contribution in [2.75, 3.05) is 14.2 Å². The molecule has 0 amide bonds. The van der Waals surface area contributed by atoms with Gasteiger partial charge in [-0.1, -0.05) is 18.2 Å². The molecule has 4 nitrogen and oxygen atoms in total. The third-order valence-electron chi connectivity index (χ3n) is 2.96. The molecular weight excluding hydrogens is 252 g/mol. The number of aromatic nitrogens is 1. The standard InChI is InChI=1S/C16H20N2O2/c1-12-6-4-8-14(18-12)11-20-16-13(10-17-2)7-5-9-15(16)19-3/h4-9,17H,10-11H2,1-3H3. The summed E-state index contributed by atoms with van der Waals surface area (Å²) in [6.45, 7) is 3.13. The topological polar surface area (TPSA) is 43.4 Å². The number of methoxy groups -OCH3 is 1. The number of ether oxygens (including phenoxy) is 2. The molecule has 1 heterocycles. The van der Waals surface area contributed by atoms with Gasteiger partial charge >= 0.3 is 0 Å². The maximum Gasteiger partial charge on any atom is 0.166 e. The number of aryl methyl sites for hydroxylation is 1. The summed E-state index contributed by atoms with van der Waals surface area (Å²) in [6, 6.07) is 11.8. The Labute approximate surface area is 119 Å². The first-order chi connectivity index (χ1) is 9.74. The number of benzene rings is 1. The third-order valence-corrected chi connectivity index (χ3v) is 2.96. The van der Waals surface area contributed by atoms with Crippen LogP contribution in [0.5, 0.6) is 11.5 Å². The van der Waals surface area contributed by atoms with Gasteiger partial charge in [0.05, 0.1) is 12.8 Å². The first-order valence-corrected chi connectivity index (χ1v) is 6.60. The van der Waals surface area contributed by atoms with Gasteiger partial charge in [-0.25, -0.2) is 0 Å². The second kappa shape index (κ2) is 6.91. The summed E-state index contributed by atoms with van der Waals surface area (Å²) in [7, 11) is 3.56. The predicted octanol–water partition coefficient (Wildman–Crippen LogP) is 2.70. The van der Waals surface area contributed by atoms with Crippen LogP contribution in [0.25, 0.3) is 0 Å². The molecule has 1 aromatic carbocycles. The van der Waals surface area contributed by atoms with Crippen LogP contribution in [0.3, 0.4) is 0 Å². The van der Waals surface area contributed by atoms with Crippen molar-refractivity contribution in [3.8, 4) is 11.5 Å². The SMILES string of the molecule is CNCc1cccc(OC)c1OCc1cccc(C)n1. The van der Waals surface area contributed by atoms with Crippen LogP contribution < -0.4 is 14.8 Å². The molecule has 2 rings (SSSR count). The number of nitrogens with zero attached hydrogens (tertiary/aromatic N) is 1. The van der Waals surface area contributed by atoms with E-state index in [4.69, 9.17) is 9.47 Å². The molecular formula is C16H20N2O2. The van der Waals surface area contributed by atoms with Gasteiger partial charge in [-0.05, 0) is 32.2 Å². The van der Waals surface area contributed by atoms with Gasteiger partial charge in [-0.2, -0.15) is 0 Å². The molecule has 20 heavy (non-hydrogen) atoms. The lowest BCUT2D eigenvalue weighted by molar-refractivity contribution is 0.277. The molecule has 2 aromatic rings. The lowest BCUT2D eigenvalue weighted by atomic mass is 10.2. The van der Waals surface area contributed by atoms with Gasteiger partial charge in [0, 0.05) is 17.8 Å². The molecule has 0 saturated carbocycles. The normalized spacial score (nSPS) is 10.3. The van der Waals surface area contributed by atoms with E-state index in [9.17, 15) is 0 Å². The summed E-state index contributed by atoms with van der Waals surface area (Å²) in [6.07, 6.45) is 0. The van der Waals surface area contributed by atoms with Crippen molar-refractivity contribution in [1.29, 1.82) is 0 Å². The van der Waals surface area contributed by atoms with Crippen molar-refractivity contribution in [3.05, 3.63) is 53.3 Å². The number of hydrogen-bond donors (Lipinski definition) is 1. The molecule has 1 aromatic heterocycles. The van der Waals surface area contributed by atoms with E-state index in [1.165, 1.54) is 0 Å². The van der Waals surface area contributed by atoms with E-state index in [0.29, 0.717) is 6.61 Å². The Kier molecular flexibility index (Phi) is 4.96. The highest BCUT2D eigenvalue weighted by Gasteiger charge is 2.10. The minimum absolute atomic E-state index is 0.429. The molecule has 0 aliphatic rings. The largest absolute Gasteiger partial charge is 0.493 e. The number of nitrogens with one attached hydrogen (secondary N) is 1. The summed E-state index contributed by atoms with van der Waals surface area (Å²) in [5.41, 5.74) is 2.97. The molecule has 4 heteroatoms. The number of rotatable bonds is 6. The minimum atomic E-state index is 0.429. The molecule has 0 bridgehead atoms. The van der Waals surface area contributed by atoms with Crippen LogP contribution in [0.15, 0.2) is 36.4 Å². The molecule has 106 valence electrons. The smallest absolute Gasteiger partial charge is 0.166 e. The van der Waals surface area contributed by atoms with Gasteiger partial charge in [0.2, 0.25) is 0 Å². The zero-order valence-corrected chi connectivity index (χ0v) is 12.1. The summed E-state index contributed by atoms with van der Waals surface area (Å²) in [5, 5.41) is 3.13. The maximum atomic E-state index is 5.93. The zero-order chi connectivity index (χ0) is 14.4. The third kappa shape index (κ3) is 3.48. The van der Waals surface area contributed by atoms with E-state index < -0.39 is 0 Å². The predicted molar refractivity (Wildman–Crippen MR) is 79.1 cm³/mol. The summed E-state index contributed by atoms with van der Waals surface area (Å²) < 4.78 is 11.3. The van der Waals surface area contributed by atoms with Crippen molar-refractivity contribution in [2.24, 2.45) is 0 Å². The van der Waals surface area contributed by atoms with Gasteiger partial charge in [0.25, 0.3) is 0 Å². The van der Waals surface area contributed by atoms with Gasteiger partial charge in [0.1, 0.15) is 6.61 Å². The van der Waals surface area contributed by atoms with E-state index in [1.54, 1.807) is 7.11 Å². The van der Waals surface area contributed by atoms with Gasteiger partial charge in [-0.15, -0.1) is 0 Å². The Morgan fingerprint density at radius 1 is 1.15 bits per heavy atom. The first kappa shape index (κ1) is 14.3. The Bertz CT molecular complexity index is 570. The molecule has 0 spiro atoms. The quantitative estimate of drug-likeness (QED) is 0.878. The van der Waals surface area contributed by atoms with Crippen LogP contribution in [-0.4, -0.2) is 19.1 Å². The summed E-state index contributed by atoms with van der Waals surface area (Å²) in [5.74, 6) is 1.51. The van der Waals surface area contributed by atoms with E-state index in [0.717, 1.165) is 35.0 Å². The highest BCUT2D eigenvalue weighted by atomic mass is 16.5. The van der Waals surface area contributed by atoms with E-state index in [1.807, 2.05) is 50.4 Å². The van der Waals surface area contributed by atoms with E-state index in [2.05, 4.69) is 10.3 Å². The molecule has 0 unspecified atom stereocenters. The average molecular weight is 272 g/mol. The molecule has 0 aliphatic carbocycles. The second-order valence-corrected chi connectivity index (χ2v) is 4.54. The summed E-state index contributed by atoms with van der Waals surface area (Å²) >= 11 is 0.